The minimum atomic E-state index is -0.533. The van der Waals surface area contributed by atoms with Crippen LogP contribution in [0.4, 0.5) is 0 Å². The summed E-state index contributed by atoms with van der Waals surface area (Å²) in [6.45, 7) is 1.30. The van der Waals surface area contributed by atoms with Crippen molar-refractivity contribution >= 4 is 51.0 Å². The number of fused-ring (bicyclic) bond motifs is 1. The van der Waals surface area contributed by atoms with E-state index in [2.05, 4.69) is 0 Å². The summed E-state index contributed by atoms with van der Waals surface area (Å²) in [5.74, 6) is -0.662. The van der Waals surface area contributed by atoms with Crippen LogP contribution in [0.1, 0.15) is 24.1 Å². The Morgan fingerprint density at radius 3 is 2.71 bits per heavy atom. The standard InChI is InChI=1S/C18H18ClNO3S/c19-18-13-6-2-3-7-14(13)24-15(18)8-9-17(22)23-12-16(21)20-10-4-1-5-11-20/h2-3,6-9H,1,4-5,10-12H2/b9-8+. The molecule has 0 bridgehead atoms. The monoisotopic (exact) mass is 363 g/mol. The van der Waals surface area contributed by atoms with E-state index < -0.39 is 5.97 Å². The number of hydrogen-bond acceptors (Lipinski definition) is 4. The lowest BCUT2D eigenvalue weighted by Crippen LogP contribution is -2.38. The van der Waals surface area contributed by atoms with Crippen LogP contribution in [0.3, 0.4) is 0 Å². The summed E-state index contributed by atoms with van der Waals surface area (Å²) in [5, 5.41) is 1.60. The summed E-state index contributed by atoms with van der Waals surface area (Å²) in [6, 6.07) is 7.80. The van der Waals surface area contributed by atoms with Gasteiger partial charge in [0.15, 0.2) is 6.61 Å². The number of carbonyl (C=O) groups is 2. The SMILES string of the molecule is O=C(/C=C/c1sc2ccccc2c1Cl)OCC(=O)N1CCCCC1. The maximum atomic E-state index is 12.0. The van der Waals surface area contributed by atoms with E-state index in [-0.39, 0.29) is 12.5 Å². The van der Waals surface area contributed by atoms with Gasteiger partial charge in [-0.25, -0.2) is 4.79 Å². The third kappa shape index (κ3) is 3.97. The molecule has 0 unspecified atom stereocenters. The summed E-state index contributed by atoms with van der Waals surface area (Å²) < 4.78 is 6.10. The molecule has 2 aromatic rings. The first kappa shape index (κ1) is 17.0. The molecule has 0 N–H and O–H groups in total. The molecule has 1 aliphatic rings. The molecule has 0 atom stereocenters. The number of thiophene rings is 1. The van der Waals surface area contributed by atoms with Crippen molar-refractivity contribution in [3.05, 3.63) is 40.2 Å². The Bertz CT molecular complexity index is 778. The first-order chi connectivity index (χ1) is 11.6. The largest absolute Gasteiger partial charge is 0.452 e. The molecule has 6 heteroatoms. The number of amides is 1. The highest BCUT2D eigenvalue weighted by atomic mass is 35.5. The van der Waals surface area contributed by atoms with Crippen molar-refractivity contribution in [3.63, 3.8) is 0 Å². The van der Waals surface area contributed by atoms with Gasteiger partial charge in [-0.3, -0.25) is 4.79 Å². The Morgan fingerprint density at radius 1 is 1.21 bits per heavy atom. The molecular formula is C18H18ClNO3S. The number of likely N-dealkylation sites (tertiary alicyclic amines) is 1. The third-order valence-electron chi connectivity index (χ3n) is 3.98. The smallest absolute Gasteiger partial charge is 0.331 e. The van der Waals surface area contributed by atoms with Gasteiger partial charge in [0.25, 0.3) is 5.91 Å². The number of hydrogen-bond donors (Lipinski definition) is 0. The van der Waals surface area contributed by atoms with Crippen LogP contribution in [0.25, 0.3) is 16.2 Å². The quantitative estimate of drug-likeness (QED) is 0.606. The second-order valence-corrected chi connectivity index (χ2v) is 7.12. The first-order valence-corrected chi connectivity index (χ1v) is 9.14. The number of halogens is 1. The molecule has 1 aromatic carbocycles. The number of benzene rings is 1. The minimum absolute atomic E-state index is 0.128. The molecule has 2 heterocycles. The summed E-state index contributed by atoms with van der Waals surface area (Å²) in [4.78, 5) is 26.3. The van der Waals surface area contributed by atoms with Gasteiger partial charge < -0.3 is 9.64 Å². The molecule has 0 spiro atoms. The Morgan fingerprint density at radius 2 is 1.96 bits per heavy atom. The second-order valence-electron chi connectivity index (χ2n) is 5.66. The average molecular weight is 364 g/mol. The first-order valence-electron chi connectivity index (χ1n) is 7.95. The molecule has 1 aliphatic heterocycles. The lowest BCUT2D eigenvalue weighted by molar-refractivity contribution is -0.148. The van der Waals surface area contributed by atoms with Gasteiger partial charge in [-0.05, 0) is 31.4 Å². The van der Waals surface area contributed by atoms with E-state index in [9.17, 15) is 9.59 Å². The van der Waals surface area contributed by atoms with Gasteiger partial charge >= 0.3 is 5.97 Å². The van der Waals surface area contributed by atoms with E-state index in [0.29, 0.717) is 5.02 Å². The van der Waals surface area contributed by atoms with Crippen molar-refractivity contribution in [1.82, 2.24) is 4.90 Å². The third-order valence-corrected chi connectivity index (χ3v) is 5.63. The van der Waals surface area contributed by atoms with Gasteiger partial charge in [0.2, 0.25) is 0 Å². The molecule has 0 aliphatic carbocycles. The zero-order valence-electron chi connectivity index (χ0n) is 13.2. The molecule has 1 amide bonds. The van der Waals surface area contributed by atoms with Gasteiger partial charge in [0.1, 0.15) is 0 Å². The number of carbonyl (C=O) groups excluding carboxylic acids is 2. The van der Waals surface area contributed by atoms with Crippen molar-refractivity contribution in [2.45, 2.75) is 19.3 Å². The predicted molar refractivity (Wildman–Crippen MR) is 97.3 cm³/mol. The fourth-order valence-electron chi connectivity index (χ4n) is 2.70. The van der Waals surface area contributed by atoms with Crippen LogP contribution in [0.15, 0.2) is 30.3 Å². The molecule has 24 heavy (non-hydrogen) atoms. The van der Waals surface area contributed by atoms with Crippen molar-refractivity contribution in [2.75, 3.05) is 19.7 Å². The highest BCUT2D eigenvalue weighted by Crippen LogP contribution is 2.35. The Hall–Kier alpha value is -1.85. The van der Waals surface area contributed by atoms with Crippen LogP contribution in [-0.4, -0.2) is 36.5 Å². The van der Waals surface area contributed by atoms with Crippen LogP contribution in [0.5, 0.6) is 0 Å². The normalized spacial score (nSPS) is 15.1. The Kier molecular flexibility index (Phi) is 5.53. The molecule has 1 aromatic heterocycles. The summed E-state index contributed by atoms with van der Waals surface area (Å²) in [5.41, 5.74) is 0. The van der Waals surface area contributed by atoms with Crippen LogP contribution in [-0.2, 0) is 14.3 Å². The molecule has 126 valence electrons. The summed E-state index contributed by atoms with van der Waals surface area (Å²) in [6.07, 6.45) is 6.15. The highest BCUT2D eigenvalue weighted by molar-refractivity contribution is 7.20. The number of ether oxygens (including phenoxy) is 1. The number of nitrogens with zero attached hydrogens (tertiary/aromatic N) is 1. The maximum absolute atomic E-state index is 12.0. The average Bonchev–Trinajstić information content (AvgIpc) is 2.95. The van der Waals surface area contributed by atoms with E-state index in [1.807, 2.05) is 24.3 Å². The van der Waals surface area contributed by atoms with Crippen molar-refractivity contribution in [2.24, 2.45) is 0 Å². The number of rotatable bonds is 4. The zero-order valence-corrected chi connectivity index (χ0v) is 14.7. The van der Waals surface area contributed by atoms with Gasteiger partial charge in [-0.1, -0.05) is 29.8 Å². The zero-order chi connectivity index (χ0) is 16.9. The van der Waals surface area contributed by atoms with Gasteiger partial charge in [0.05, 0.1) is 5.02 Å². The lowest BCUT2D eigenvalue weighted by atomic mass is 10.1. The second kappa shape index (κ2) is 7.81. The Labute approximate surface area is 149 Å². The molecule has 0 saturated carbocycles. The van der Waals surface area contributed by atoms with E-state index >= 15 is 0 Å². The summed E-state index contributed by atoms with van der Waals surface area (Å²) in [7, 11) is 0. The van der Waals surface area contributed by atoms with E-state index in [4.69, 9.17) is 16.3 Å². The molecular weight excluding hydrogens is 346 g/mol. The molecule has 1 fully saturated rings. The van der Waals surface area contributed by atoms with Crippen LogP contribution < -0.4 is 0 Å². The van der Waals surface area contributed by atoms with Crippen molar-refractivity contribution in [1.29, 1.82) is 0 Å². The molecule has 0 radical (unpaired) electrons. The highest BCUT2D eigenvalue weighted by Gasteiger charge is 2.17. The van der Waals surface area contributed by atoms with Crippen LogP contribution in [0.2, 0.25) is 5.02 Å². The molecule has 4 nitrogen and oxygen atoms in total. The maximum Gasteiger partial charge on any atom is 0.331 e. The minimum Gasteiger partial charge on any atom is -0.452 e. The van der Waals surface area contributed by atoms with Crippen LogP contribution in [0, 0.1) is 0 Å². The predicted octanol–water partition coefficient (Wildman–Crippen LogP) is 4.12. The summed E-state index contributed by atoms with van der Waals surface area (Å²) >= 11 is 7.83. The van der Waals surface area contributed by atoms with E-state index in [1.165, 1.54) is 17.4 Å². The van der Waals surface area contributed by atoms with Gasteiger partial charge in [-0.15, -0.1) is 11.3 Å². The number of piperidine rings is 1. The lowest BCUT2D eigenvalue weighted by Gasteiger charge is -2.26. The molecule has 3 rings (SSSR count). The fraction of sp³-hybridized carbons (Fsp3) is 0.333. The van der Waals surface area contributed by atoms with Crippen molar-refractivity contribution in [3.8, 4) is 0 Å². The molecule has 1 saturated heterocycles. The van der Waals surface area contributed by atoms with Crippen LogP contribution >= 0.6 is 22.9 Å². The van der Waals surface area contributed by atoms with Crippen molar-refractivity contribution < 1.29 is 14.3 Å². The van der Waals surface area contributed by atoms with E-state index in [1.54, 1.807) is 11.0 Å². The van der Waals surface area contributed by atoms with Gasteiger partial charge in [-0.2, -0.15) is 0 Å². The van der Waals surface area contributed by atoms with E-state index in [0.717, 1.165) is 47.3 Å². The fourth-order valence-corrected chi connectivity index (χ4v) is 4.10. The number of esters is 1. The Balaban J connectivity index is 1.56. The topological polar surface area (TPSA) is 46.6 Å². The van der Waals surface area contributed by atoms with Gasteiger partial charge in [0, 0.05) is 34.1 Å².